The van der Waals surface area contributed by atoms with Crippen molar-refractivity contribution in [3.05, 3.63) is 47.5 Å². The first kappa shape index (κ1) is 27.2. The highest BCUT2D eigenvalue weighted by molar-refractivity contribution is 6.08. The topological polar surface area (TPSA) is 85.7 Å². The van der Waals surface area contributed by atoms with Gasteiger partial charge in [0.2, 0.25) is 0 Å². The van der Waals surface area contributed by atoms with Gasteiger partial charge in [-0.05, 0) is 69.0 Å². The lowest BCUT2D eigenvalue weighted by molar-refractivity contribution is 0.0385. The second-order valence-electron chi connectivity index (χ2n) is 10.7. The molecule has 1 fully saturated rings. The van der Waals surface area contributed by atoms with Crippen molar-refractivity contribution in [3.8, 4) is 11.5 Å². The minimum absolute atomic E-state index is 0.0340. The number of fused-ring (bicyclic) bond motifs is 1. The molecule has 2 aromatic rings. The van der Waals surface area contributed by atoms with Gasteiger partial charge in [0.1, 0.15) is 18.1 Å². The van der Waals surface area contributed by atoms with Crippen LogP contribution in [0.15, 0.2) is 36.4 Å². The largest absolute Gasteiger partial charge is 0.495 e. The van der Waals surface area contributed by atoms with E-state index in [-0.39, 0.29) is 12.5 Å². The zero-order valence-electron chi connectivity index (χ0n) is 22.6. The monoisotopic (exact) mass is 511 g/mol. The number of methoxy groups -OCH3 is 1. The predicted octanol–water partition coefficient (Wildman–Crippen LogP) is 3.33. The molecule has 8 nitrogen and oxygen atoms in total. The molecule has 202 valence electrons. The number of ether oxygens (including phenoxy) is 2. The van der Waals surface area contributed by atoms with Gasteiger partial charge >= 0.3 is 0 Å². The number of aliphatic hydroxyl groups excluding tert-OH is 1. The fraction of sp³-hybridized carbons (Fsp3) is 0.552. The van der Waals surface area contributed by atoms with E-state index in [1.807, 2.05) is 49.9 Å². The number of hydrogen-bond acceptors (Lipinski definition) is 7. The number of hydrogen-bond donors (Lipinski definition) is 2. The number of β-amino-alcohol motifs (C(OH)–C–C–N with tert-alkyl or cyclic N) is 1. The Hall–Kier alpha value is -2.81. The van der Waals surface area contributed by atoms with Crippen molar-refractivity contribution in [2.24, 2.45) is 0 Å². The van der Waals surface area contributed by atoms with Crippen molar-refractivity contribution >= 4 is 17.3 Å². The van der Waals surface area contributed by atoms with Crippen LogP contribution in [0.4, 0.5) is 11.4 Å². The van der Waals surface area contributed by atoms with Crippen LogP contribution >= 0.6 is 0 Å². The number of anilines is 2. The van der Waals surface area contributed by atoms with Gasteiger partial charge in [0.05, 0.1) is 24.5 Å². The molecule has 1 saturated heterocycles. The zero-order valence-corrected chi connectivity index (χ0v) is 22.6. The maximum absolute atomic E-state index is 13.4. The van der Waals surface area contributed by atoms with E-state index in [2.05, 4.69) is 15.9 Å². The summed E-state index contributed by atoms with van der Waals surface area (Å²) in [5.41, 5.74) is 2.78. The van der Waals surface area contributed by atoms with Gasteiger partial charge < -0.3 is 29.5 Å². The van der Waals surface area contributed by atoms with Crippen molar-refractivity contribution in [3.63, 3.8) is 0 Å². The van der Waals surface area contributed by atoms with Crippen molar-refractivity contribution < 1.29 is 24.5 Å². The molecule has 8 heteroatoms. The lowest BCUT2D eigenvalue weighted by atomic mass is 9.98. The molecule has 2 heterocycles. The number of carbonyl (C=O) groups excluding carboxylic acids is 1. The van der Waals surface area contributed by atoms with Crippen LogP contribution in [0.5, 0.6) is 11.5 Å². The third-order valence-electron chi connectivity index (χ3n) is 7.09. The average molecular weight is 512 g/mol. The molecule has 2 aliphatic heterocycles. The molecule has 1 atom stereocenters. The Labute approximate surface area is 220 Å². The van der Waals surface area contributed by atoms with E-state index < -0.39 is 11.7 Å². The second-order valence-corrected chi connectivity index (χ2v) is 10.7. The molecule has 2 N–H and O–H groups in total. The van der Waals surface area contributed by atoms with Gasteiger partial charge in [-0.1, -0.05) is 6.92 Å². The fourth-order valence-corrected chi connectivity index (χ4v) is 5.12. The summed E-state index contributed by atoms with van der Waals surface area (Å²) in [6, 6.07) is 11.5. The van der Waals surface area contributed by atoms with E-state index in [0.717, 1.165) is 61.7 Å². The van der Waals surface area contributed by atoms with E-state index in [0.29, 0.717) is 30.8 Å². The van der Waals surface area contributed by atoms with E-state index in [1.165, 1.54) is 0 Å². The number of aliphatic hydroxyl groups is 2. The highest BCUT2D eigenvalue weighted by Crippen LogP contribution is 2.35. The van der Waals surface area contributed by atoms with Crippen LogP contribution < -0.4 is 19.3 Å². The molecule has 0 aromatic heterocycles. The minimum atomic E-state index is -0.708. The van der Waals surface area contributed by atoms with Gasteiger partial charge in [-0.2, -0.15) is 0 Å². The molecule has 0 saturated carbocycles. The summed E-state index contributed by atoms with van der Waals surface area (Å²) in [6.07, 6.45) is 1.87. The Balaban J connectivity index is 1.47. The van der Waals surface area contributed by atoms with Gasteiger partial charge in [-0.25, -0.2) is 0 Å². The molecule has 37 heavy (non-hydrogen) atoms. The van der Waals surface area contributed by atoms with Crippen LogP contribution in [0.1, 0.15) is 49.5 Å². The summed E-state index contributed by atoms with van der Waals surface area (Å²) in [4.78, 5) is 19.8. The van der Waals surface area contributed by atoms with Crippen molar-refractivity contribution in [1.29, 1.82) is 0 Å². The quantitative estimate of drug-likeness (QED) is 0.534. The second kappa shape index (κ2) is 11.7. The van der Waals surface area contributed by atoms with E-state index >= 15 is 0 Å². The highest BCUT2D eigenvalue weighted by atomic mass is 16.5. The zero-order chi connectivity index (χ0) is 26.6. The van der Waals surface area contributed by atoms with E-state index in [9.17, 15) is 15.0 Å². The standard InChI is InChI=1S/C29H41N3O5/c1-5-23(33)19-37-24-8-9-25-21(17-24)11-14-32(28(25)34)22-7-10-26(27(18-22)36-4)31-13-6-12-30(15-16-31)20-29(2,3)35/h7-10,17-18,23,33,35H,5-6,11-16,19-20H2,1-4H3/t23-/m0/s1. The van der Waals surface area contributed by atoms with Gasteiger partial charge in [0, 0.05) is 56.6 Å². The Morgan fingerprint density at radius 2 is 1.86 bits per heavy atom. The minimum Gasteiger partial charge on any atom is -0.495 e. The number of amides is 1. The van der Waals surface area contributed by atoms with Crippen LogP contribution in [0.25, 0.3) is 0 Å². The lowest BCUT2D eigenvalue weighted by Crippen LogP contribution is -2.40. The van der Waals surface area contributed by atoms with Crippen molar-refractivity contribution in [2.75, 3.05) is 62.8 Å². The number of benzene rings is 2. The summed E-state index contributed by atoms with van der Waals surface area (Å²) in [5.74, 6) is 1.40. The molecule has 2 aliphatic rings. The third-order valence-corrected chi connectivity index (χ3v) is 7.09. The van der Waals surface area contributed by atoms with Gasteiger partial charge in [-0.15, -0.1) is 0 Å². The smallest absolute Gasteiger partial charge is 0.258 e. The van der Waals surface area contributed by atoms with Crippen LogP contribution in [-0.2, 0) is 6.42 Å². The van der Waals surface area contributed by atoms with Gasteiger partial charge in [-0.3, -0.25) is 9.69 Å². The molecule has 4 rings (SSSR count). The average Bonchev–Trinajstić information content (AvgIpc) is 3.11. The maximum Gasteiger partial charge on any atom is 0.258 e. The molecular weight excluding hydrogens is 470 g/mol. The first-order valence-corrected chi connectivity index (χ1v) is 13.3. The molecule has 2 aromatic carbocycles. The van der Waals surface area contributed by atoms with E-state index in [4.69, 9.17) is 9.47 Å². The Morgan fingerprint density at radius 1 is 1.05 bits per heavy atom. The van der Waals surface area contributed by atoms with Crippen LogP contribution in [0.2, 0.25) is 0 Å². The normalized spacial score (nSPS) is 17.8. The highest BCUT2D eigenvalue weighted by Gasteiger charge is 2.28. The fourth-order valence-electron chi connectivity index (χ4n) is 5.12. The van der Waals surface area contributed by atoms with Gasteiger partial charge in [0.15, 0.2) is 0 Å². The van der Waals surface area contributed by atoms with Crippen LogP contribution in [-0.4, -0.2) is 85.7 Å². The van der Waals surface area contributed by atoms with Crippen molar-refractivity contribution in [2.45, 2.75) is 51.7 Å². The first-order valence-electron chi connectivity index (χ1n) is 13.3. The summed E-state index contributed by atoms with van der Waals surface area (Å²) in [6.45, 7) is 10.7. The van der Waals surface area contributed by atoms with Crippen molar-refractivity contribution in [1.82, 2.24) is 4.90 Å². The molecule has 0 spiro atoms. The summed E-state index contributed by atoms with van der Waals surface area (Å²) in [5, 5.41) is 20.0. The lowest BCUT2D eigenvalue weighted by Gasteiger charge is -2.31. The third kappa shape index (κ3) is 6.74. The Kier molecular flexibility index (Phi) is 8.62. The SMILES string of the molecule is CC[C@H](O)COc1ccc2c(c1)CCN(c1ccc(N3CCCN(CC(C)(C)O)CC3)c(OC)c1)C2=O. The molecule has 0 unspecified atom stereocenters. The number of rotatable bonds is 9. The van der Waals surface area contributed by atoms with Crippen LogP contribution in [0.3, 0.4) is 0 Å². The first-order chi connectivity index (χ1) is 17.7. The number of carbonyl (C=O) groups is 1. The predicted molar refractivity (Wildman–Crippen MR) is 146 cm³/mol. The molecule has 0 radical (unpaired) electrons. The molecular formula is C29H41N3O5. The number of nitrogens with zero attached hydrogens (tertiary/aromatic N) is 3. The maximum atomic E-state index is 13.4. The molecule has 0 bridgehead atoms. The Morgan fingerprint density at radius 3 is 2.59 bits per heavy atom. The summed E-state index contributed by atoms with van der Waals surface area (Å²) >= 11 is 0. The van der Waals surface area contributed by atoms with Crippen LogP contribution in [0, 0.1) is 0 Å². The summed E-state index contributed by atoms with van der Waals surface area (Å²) < 4.78 is 11.5. The molecule has 0 aliphatic carbocycles. The summed E-state index contributed by atoms with van der Waals surface area (Å²) in [7, 11) is 1.67. The van der Waals surface area contributed by atoms with E-state index in [1.54, 1.807) is 13.2 Å². The van der Waals surface area contributed by atoms with Gasteiger partial charge in [0.25, 0.3) is 5.91 Å². The molecule has 1 amide bonds. The Bertz CT molecular complexity index is 1080.